The second-order valence-corrected chi connectivity index (χ2v) is 8.34. The monoisotopic (exact) mass is 430 g/mol. The van der Waals surface area contributed by atoms with Gasteiger partial charge in [-0.1, -0.05) is 0 Å². The van der Waals surface area contributed by atoms with Gasteiger partial charge in [0.05, 0.1) is 18.1 Å². The van der Waals surface area contributed by atoms with Crippen LogP contribution >= 0.6 is 0 Å². The number of furan rings is 1. The Hall–Kier alpha value is -3.65. The van der Waals surface area contributed by atoms with Gasteiger partial charge in [-0.05, 0) is 56.3 Å². The number of pyridine rings is 1. The summed E-state index contributed by atoms with van der Waals surface area (Å²) in [7, 11) is 2.16. The summed E-state index contributed by atoms with van der Waals surface area (Å²) >= 11 is 0. The molecule has 8 nitrogen and oxygen atoms in total. The van der Waals surface area contributed by atoms with Gasteiger partial charge in [-0.15, -0.1) is 0 Å². The van der Waals surface area contributed by atoms with E-state index < -0.39 is 0 Å². The van der Waals surface area contributed by atoms with Crippen LogP contribution in [0.5, 0.6) is 0 Å². The molecule has 4 aromatic rings. The van der Waals surface area contributed by atoms with Crippen molar-refractivity contribution in [1.82, 2.24) is 19.9 Å². The minimum Gasteiger partial charge on any atom is -0.472 e. The highest BCUT2D eigenvalue weighted by atomic mass is 16.3. The first-order chi connectivity index (χ1) is 15.5. The van der Waals surface area contributed by atoms with E-state index in [1.165, 1.54) is 11.3 Å². The number of likely N-dealkylation sites (N-methyl/N-ethyl adjacent to an activating group) is 1. The van der Waals surface area contributed by atoms with E-state index in [9.17, 15) is 4.79 Å². The van der Waals surface area contributed by atoms with Gasteiger partial charge in [-0.2, -0.15) is 4.98 Å². The van der Waals surface area contributed by atoms with Crippen LogP contribution in [-0.4, -0.2) is 53.1 Å². The molecule has 0 spiro atoms. The molecule has 1 aliphatic heterocycles. The third-order valence-corrected chi connectivity index (χ3v) is 6.13. The van der Waals surface area contributed by atoms with Crippen LogP contribution in [0.1, 0.15) is 11.1 Å². The third-order valence-electron chi connectivity index (χ3n) is 6.13. The fourth-order valence-electron chi connectivity index (χ4n) is 4.31. The summed E-state index contributed by atoms with van der Waals surface area (Å²) in [5.41, 5.74) is 5.81. The Morgan fingerprint density at radius 2 is 1.94 bits per heavy atom. The highest BCUT2D eigenvalue weighted by Crippen LogP contribution is 2.27. The molecule has 32 heavy (non-hydrogen) atoms. The Bertz CT molecular complexity index is 1320. The fourth-order valence-corrected chi connectivity index (χ4v) is 4.31. The van der Waals surface area contributed by atoms with Gasteiger partial charge in [0.15, 0.2) is 0 Å². The van der Waals surface area contributed by atoms with Crippen LogP contribution in [-0.2, 0) is 0 Å². The lowest BCUT2D eigenvalue weighted by Gasteiger charge is -2.35. The number of hydrogen-bond donors (Lipinski definition) is 2. The number of hydrogen-bond acceptors (Lipinski definition) is 7. The van der Waals surface area contributed by atoms with Gasteiger partial charge in [0.2, 0.25) is 5.95 Å². The van der Waals surface area contributed by atoms with Crippen LogP contribution < -0.4 is 15.8 Å². The summed E-state index contributed by atoms with van der Waals surface area (Å²) in [5, 5.41) is 4.07. The van der Waals surface area contributed by atoms with Gasteiger partial charge >= 0.3 is 0 Å². The van der Waals surface area contributed by atoms with Gasteiger partial charge in [-0.25, -0.2) is 4.98 Å². The summed E-state index contributed by atoms with van der Waals surface area (Å²) in [6, 6.07) is 8.07. The molecule has 1 aromatic carbocycles. The highest BCUT2D eigenvalue weighted by Gasteiger charge is 2.17. The molecule has 0 aliphatic carbocycles. The minimum atomic E-state index is -0.201. The number of rotatable bonds is 4. The zero-order valence-electron chi connectivity index (χ0n) is 18.5. The number of aromatic amines is 1. The van der Waals surface area contributed by atoms with Crippen molar-refractivity contribution in [3.63, 3.8) is 0 Å². The number of anilines is 3. The first kappa shape index (κ1) is 20.3. The largest absolute Gasteiger partial charge is 0.472 e. The van der Waals surface area contributed by atoms with Crippen molar-refractivity contribution in [2.45, 2.75) is 13.8 Å². The first-order valence-corrected chi connectivity index (χ1v) is 10.7. The summed E-state index contributed by atoms with van der Waals surface area (Å²) in [4.78, 5) is 29.4. The molecule has 4 heterocycles. The van der Waals surface area contributed by atoms with Crippen LogP contribution in [0.25, 0.3) is 22.2 Å². The average molecular weight is 431 g/mol. The average Bonchev–Trinajstić information content (AvgIpc) is 3.29. The number of H-pyrrole nitrogens is 1. The molecule has 0 atom stereocenters. The Morgan fingerprint density at radius 3 is 2.66 bits per heavy atom. The number of benzene rings is 1. The topological polar surface area (TPSA) is 90.3 Å². The fraction of sp³-hybridized carbons (Fsp3) is 0.292. The van der Waals surface area contributed by atoms with E-state index in [1.807, 2.05) is 13.0 Å². The van der Waals surface area contributed by atoms with Crippen molar-refractivity contribution in [1.29, 1.82) is 0 Å². The molecule has 1 saturated heterocycles. The SMILES string of the molecule is Cc1cc(Nc2ncc3c(C)c(-c4ccoc4)c(=O)[nH]c3n2)ccc1N1CCN(C)CC1. The van der Waals surface area contributed by atoms with E-state index in [0.29, 0.717) is 17.2 Å². The summed E-state index contributed by atoms with van der Waals surface area (Å²) in [6.45, 7) is 8.24. The molecule has 1 fully saturated rings. The predicted octanol–water partition coefficient (Wildman–Crippen LogP) is 3.69. The molecular weight excluding hydrogens is 404 g/mol. The number of nitrogens with zero attached hydrogens (tertiary/aromatic N) is 4. The highest BCUT2D eigenvalue weighted by molar-refractivity contribution is 5.85. The quantitative estimate of drug-likeness (QED) is 0.510. The molecular formula is C24H26N6O2. The molecule has 2 N–H and O–H groups in total. The zero-order chi connectivity index (χ0) is 22.2. The van der Waals surface area contributed by atoms with Gasteiger partial charge in [0.25, 0.3) is 5.56 Å². The lowest BCUT2D eigenvalue weighted by atomic mass is 10.0. The van der Waals surface area contributed by atoms with Gasteiger partial charge in [0, 0.05) is 54.7 Å². The van der Waals surface area contributed by atoms with E-state index in [4.69, 9.17) is 4.42 Å². The lowest BCUT2D eigenvalue weighted by Crippen LogP contribution is -2.44. The maximum Gasteiger partial charge on any atom is 0.257 e. The maximum absolute atomic E-state index is 12.7. The molecule has 5 rings (SSSR count). The molecule has 1 aliphatic rings. The molecule has 0 amide bonds. The number of piperazine rings is 1. The van der Waals surface area contributed by atoms with Crippen molar-refractivity contribution in [2.75, 3.05) is 43.4 Å². The van der Waals surface area contributed by atoms with Gasteiger partial charge in [-0.3, -0.25) is 4.79 Å². The zero-order valence-corrected chi connectivity index (χ0v) is 18.5. The van der Waals surface area contributed by atoms with E-state index >= 15 is 0 Å². The van der Waals surface area contributed by atoms with E-state index in [2.05, 4.69) is 56.2 Å². The van der Waals surface area contributed by atoms with Crippen LogP contribution in [0.2, 0.25) is 0 Å². The normalized spacial score (nSPS) is 14.8. The van der Waals surface area contributed by atoms with E-state index in [1.54, 1.807) is 24.8 Å². The van der Waals surface area contributed by atoms with Crippen molar-refractivity contribution in [2.24, 2.45) is 0 Å². The molecule has 164 valence electrons. The van der Waals surface area contributed by atoms with Crippen molar-refractivity contribution in [3.8, 4) is 11.1 Å². The maximum atomic E-state index is 12.7. The molecule has 3 aromatic heterocycles. The Balaban J connectivity index is 1.41. The van der Waals surface area contributed by atoms with Gasteiger partial charge in [0.1, 0.15) is 5.65 Å². The Labute approximate surface area is 185 Å². The Morgan fingerprint density at radius 1 is 1.12 bits per heavy atom. The number of nitrogens with one attached hydrogen (secondary N) is 2. The molecule has 0 bridgehead atoms. The summed E-state index contributed by atoms with van der Waals surface area (Å²) in [5.74, 6) is 0.440. The lowest BCUT2D eigenvalue weighted by molar-refractivity contribution is 0.312. The van der Waals surface area contributed by atoms with Crippen molar-refractivity contribution < 1.29 is 4.42 Å². The van der Waals surface area contributed by atoms with Gasteiger partial charge < -0.3 is 24.5 Å². The van der Waals surface area contributed by atoms with Crippen LogP contribution in [0, 0.1) is 13.8 Å². The molecule has 0 saturated carbocycles. The van der Waals surface area contributed by atoms with E-state index in [0.717, 1.165) is 48.4 Å². The molecule has 8 heteroatoms. The van der Waals surface area contributed by atoms with Crippen LogP contribution in [0.15, 0.2) is 52.2 Å². The number of aromatic nitrogens is 3. The van der Waals surface area contributed by atoms with Crippen molar-refractivity contribution in [3.05, 3.63) is 64.5 Å². The first-order valence-electron chi connectivity index (χ1n) is 10.7. The van der Waals surface area contributed by atoms with Crippen LogP contribution in [0.4, 0.5) is 17.3 Å². The summed E-state index contributed by atoms with van der Waals surface area (Å²) in [6.07, 6.45) is 4.86. The Kier molecular flexibility index (Phi) is 5.14. The van der Waals surface area contributed by atoms with Crippen LogP contribution in [0.3, 0.4) is 0 Å². The summed E-state index contributed by atoms with van der Waals surface area (Å²) < 4.78 is 5.14. The van der Waals surface area contributed by atoms with E-state index in [-0.39, 0.29) is 5.56 Å². The van der Waals surface area contributed by atoms with Crippen molar-refractivity contribution >= 4 is 28.4 Å². The second kappa shape index (κ2) is 8.12. The standard InChI is InChI=1S/C24H26N6O2/c1-15-12-18(4-5-20(15)30-9-7-29(3)8-10-30)26-24-25-13-19-16(2)21(17-6-11-32-14-17)23(31)27-22(19)28-24/h4-6,11-14H,7-10H2,1-3H3,(H2,25,26,27,28,31). The molecule has 0 radical (unpaired) electrons. The minimum absolute atomic E-state index is 0.201. The molecule has 0 unspecified atom stereocenters. The predicted molar refractivity (Wildman–Crippen MR) is 127 cm³/mol. The third kappa shape index (κ3) is 3.73. The second-order valence-electron chi connectivity index (χ2n) is 8.34. The number of fused-ring (bicyclic) bond motifs is 1. The number of aryl methyl sites for hydroxylation is 2. The smallest absolute Gasteiger partial charge is 0.257 e.